The molecule has 0 aliphatic carbocycles. The molecule has 0 spiro atoms. The van der Waals surface area contributed by atoms with Crippen molar-refractivity contribution in [2.75, 3.05) is 11.9 Å². The van der Waals surface area contributed by atoms with Crippen LogP contribution in [-0.4, -0.2) is 21.3 Å². The summed E-state index contributed by atoms with van der Waals surface area (Å²) in [6, 6.07) is 5.10. The molecule has 17 heavy (non-hydrogen) atoms. The molecule has 0 radical (unpaired) electrons. The molecule has 0 saturated heterocycles. The molecular formula is C11H14N4OS. The third kappa shape index (κ3) is 3.13. The Morgan fingerprint density at radius 3 is 3.06 bits per heavy atom. The minimum atomic E-state index is -0.0224. The zero-order chi connectivity index (χ0) is 12.1. The van der Waals surface area contributed by atoms with Crippen molar-refractivity contribution in [2.45, 2.75) is 19.9 Å². The second-order valence-corrected chi connectivity index (χ2v) is 4.66. The standard InChI is InChI=1S/C11H14N4OS/c1-2-6-12-11-14-13-9(17-11)8-15-7-4-3-5-10(15)16/h3-5,7H,2,6,8H2,1H3,(H,12,14). The van der Waals surface area contributed by atoms with E-state index in [1.807, 2.05) is 6.07 Å². The molecule has 2 heterocycles. The first-order valence-electron chi connectivity index (χ1n) is 5.51. The van der Waals surface area contributed by atoms with Crippen LogP contribution in [0.15, 0.2) is 29.2 Å². The first-order valence-corrected chi connectivity index (χ1v) is 6.33. The van der Waals surface area contributed by atoms with Gasteiger partial charge in [0.05, 0.1) is 6.54 Å². The van der Waals surface area contributed by atoms with Crippen LogP contribution in [0, 0.1) is 0 Å². The van der Waals surface area contributed by atoms with Crippen LogP contribution in [0.2, 0.25) is 0 Å². The van der Waals surface area contributed by atoms with Crippen LogP contribution in [0.25, 0.3) is 0 Å². The zero-order valence-electron chi connectivity index (χ0n) is 9.59. The Hall–Kier alpha value is -1.69. The summed E-state index contributed by atoms with van der Waals surface area (Å²) >= 11 is 1.48. The first kappa shape index (κ1) is 11.8. The van der Waals surface area contributed by atoms with Gasteiger partial charge in [-0.1, -0.05) is 24.3 Å². The molecule has 0 bridgehead atoms. The van der Waals surface area contributed by atoms with Crippen molar-refractivity contribution in [1.82, 2.24) is 14.8 Å². The van der Waals surface area contributed by atoms with Gasteiger partial charge in [-0.3, -0.25) is 4.79 Å². The van der Waals surface area contributed by atoms with E-state index >= 15 is 0 Å². The second-order valence-electron chi connectivity index (χ2n) is 3.59. The van der Waals surface area contributed by atoms with Gasteiger partial charge in [-0.15, -0.1) is 10.2 Å². The van der Waals surface area contributed by atoms with E-state index in [1.165, 1.54) is 17.4 Å². The summed E-state index contributed by atoms with van der Waals surface area (Å²) in [6.45, 7) is 3.46. The summed E-state index contributed by atoms with van der Waals surface area (Å²) in [7, 11) is 0. The van der Waals surface area contributed by atoms with E-state index in [0.29, 0.717) is 6.54 Å². The van der Waals surface area contributed by atoms with Gasteiger partial charge < -0.3 is 9.88 Å². The van der Waals surface area contributed by atoms with E-state index in [2.05, 4.69) is 22.4 Å². The van der Waals surface area contributed by atoms with Crippen molar-refractivity contribution < 1.29 is 0 Å². The molecule has 2 aromatic heterocycles. The maximum absolute atomic E-state index is 11.5. The molecule has 2 aromatic rings. The van der Waals surface area contributed by atoms with Crippen LogP contribution in [0.5, 0.6) is 0 Å². The summed E-state index contributed by atoms with van der Waals surface area (Å²) in [4.78, 5) is 11.5. The molecule has 0 amide bonds. The molecule has 0 unspecified atom stereocenters. The lowest BCUT2D eigenvalue weighted by Crippen LogP contribution is -2.18. The summed E-state index contributed by atoms with van der Waals surface area (Å²) in [5.41, 5.74) is -0.0224. The lowest BCUT2D eigenvalue weighted by atomic mass is 10.5. The van der Waals surface area contributed by atoms with Crippen LogP contribution in [0.1, 0.15) is 18.4 Å². The Morgan fingerprint density at radius 1 is 1.41 bits per heavy atom. The average molecular weight is 250 g/mol. The Labute approximate surface area is 103 Å². The lowest BCUT2D eigenvalue weighted by molar-refractivity contribution is 0.744. The van der Waals surface area contributed by atoms with Gasteiger partial charge in [0.15, 0.2) is 0 Å². The van der Waals surface area contributed by atoms with Gasteiger partial charge in [-0.2, -0.15) is 0 Å². The third-order valence-electron chi connectivity index (χ3n) is 2.20. The van der Waals surface area contributed by atoms with E-state index in [0.717, 1.165) is 23.1 Å². The van der Waals surface area contributed by atoms with Crippen LogP contribution in [-0.2, 0) is 6.54 Å². The van der Waals surface area contributed by atoms with Crippen molar-refractivity contribution in [2.24, 2.45) is 0 Å². The molecule has 2 rings (SSSR count). The Morgan fingerprint density at radius 2 is 2.29 bits per heavy atom. The van der Waals surface area contributed by atoms with Crippen LogP contribution in [0.3, 0.4) is 0 Å². The van der Waals surface area contributed by atoms with Gasteiger partial charge in [0, 0.05) is 18.8 Å². The highest BCUT2D eigenvalue weighted by molar-refractivity contribution is 7.15. The number of rotatable bonds is 5. The molecule has 5 nitrogen and oxygen atoms in total. The van der Waals surface area contributed by atoms with Crippen molar-refractivity contribution >= 4 is 16.5 Å². The van der Waals surface area contributed by atoms with Crippen LogP contribution < -0.4 is 10.9 Å². The second kappa shape index (κ2) is 5.58. The molecule has 6 heteroatoms. The zero-order valence-corrected chi connectivity index (χ0v) is 10.4. The molecule has 0 aliphatic heterocycles. The summed E-state index contributed by atoms with van der Waals surface area (Å²) in [5, 5.41) is 12.9. The Kier molecular flexibility index (Phi) is 3.87. The molecule has 90 valence electrons. The number of nitrogens with zero attached hydrogens (tertiary/aromatic N) is 3. The van der Waals surface area contributed by atoms with Gasteiger partial charge in [-0.05, 0) is 12.5 Å². The predicted octanol–water partition coefficient (Wildman–Crippen LogP) is 1.57. The number of hydrogen-bond acceptors (Lipinski definition) is 5. The van der Waals surface area contributed by atoms with Crippen LogP contribution >= 0.6 is 11.3 Å². The number of anilines is 1. The minimum absolute atomic E-state index is 0.0224. The lowest BCUT2D eigenvalue weighted by Gasteiger charge is -2.00. The fourth-order valence-electron chi connectivity index (χ4n) is 1.36. The Balaban J connectivity index is 2.07. The number of hydrogen-bond donors (Lipinski definition) is 1. The van der Waals surface area contributed by atoms with E-state index in [9.17, 15) is 4.79 Å². The van der Waals surface area contributed by atoms with Gasteiger partial charge in [0.25, 0.3) is 5.56 Å². The highest BCUT2D eigenvalue weighted by Gasteiger charge is 2.04. The van der Waals surface area contributed by atoms with E-state index in [1.54, 1.807) is 16.8 Å². The average Bonchev–Trinajstić information content (AvgIpc) is 2.77. The SMILES string of the molecule is CCCNc1nnc(Cn2ccccc2=O)s1. The quantitative estimate of drug-likeness (QED) is 0.875. The molecule has 1 N–H and O–H groups in total. The highest BCUT2D eigenvalue weighted by atomic mass is 32.1. The predicted molar refractivity (Wildman–Crippen MR) is 68.5 cm³/mol. The summed E-state index contributed by atoms with van der Waals surface area (Å²) in [6.07, 6.45) is 2.80. The first-order chi connectivity index (χ1) is 8.29. The normalized spacial score (nSPS) is 10.4. The summed E-state index contributed by atoms with van der Waals surface area (Å²) in [5.74, 6) is 0. The number of aromatic nitrogens is 3. The molecular weight excluding hydrogens is 236 g/mol. The molecule has 0 aromatic carbocycles. The third-order valence-corrected chi connectivity index (χ3v) is 3.06. The fourth-order valence-corrected chi connectivity index (χ4v) is 2.12. The number of nitrogens with one attached hydrogen (secondary N) is 1. The van der Waals surface area contributed by atoms with Crippen molar-refractivity contribution in [3.63, 3.8) is 0 Å². The van der Waals surface area contributed by atoms with Gasteiger partial charge in [-0.25, -0.2) is 0 Å². The van der Waals surface area contributed by atoms with Gasteiger partial charge in [0.1, 0.15) is 5.01 Å². The minimum Gasteiger partial charge on any atom is -0.360 e. The molecule has 0 atom stereocenters. The summed E-state index contributed by atoms with van der Waals surface area (Å²) < 4.78 is 1.62. The highest BCUT2D eigenvalue weighted by Crippen LogP contribution is 2.15. The van der Waals surface area contributed by atoms with E-state index < -0.39 is 0 Å². The van der Waals surface area contributed by atoms with Crippen molar-refractivity contribution in [3.8, 4) is 0 Å². The Bertz CT molecular complexity index is 534. The van der Waals surface area contributed by atoms with Crippen molar-refractivity contribution in [1.29, 1.82) is 0 Å². The maximum atomic E-state index is 11.5. The van der Waals surface area contributed by atoms with E-state index in [-0.39, 0.29) is 5.56 Å². The van der Waals surface area contributed by atoms with Crippen molar-refractivity contribution in [3.05, 3.63) is 39.8 Å². The van der Waals surface area contributed by atoms with Crippen LogP contribution in [0.4, 0.5) is 5.13 Å². The molecule has 0 fully saturated rings. The fraction of sp³-hybridized carbons (Fsp3) is 0.364. The topological polar surface area (TPSA) is 59.8 Å². The molecule has 0 saturated carbocycles. The molecule has 0 aliphatic rings. The maximum Gasteiger partial charge on any atom is 0.250 e. The van der Waals surface area contributed by atoms with Gasteiger partial charge in [0.2, 0.25) is 5.13 Å². The van der Waals surface area contributed by atoms with E-state index in [4.69, 9.17) is 0 Å². The smallest absolute Gasteiger partial charge is 0.250 e. The largest absolute Gasteiger partial charge is 0.360 e. The monoisotopic (exact) mass is 250 g/mol. The van der Waals surface area contributed by atoms with Gasteiger partial charge >= 0.3 is 0 Å². The number of pyridine rings is 1.